The third-order valence-electron chi connectivity index (χ3n) is 5.64. The Balaban J connectivity index is 1.48. The number of piperidine rings is 1. The van der Waals surface area contributed by atoms with Crippen molar-refractivity contribution in [1.29, 1.82) is 0 Å². The van der Waals surface area contributed by atoms with Crippen LogP contribution in [-0.2, 0) is 17.9 Å². The second kappa shape index (κ2) is 8.86. The van der Waals surface area contributed by atoms with Gasteiger partial charge in [-0.25, -0.2) is 9.37 Å². The van der Waals surface area contributed by atoms with E-state index >= 15 is 0 Å². The minimum Gasteiger partial charge on any atom is -0.352 e. The highest BCUT2D eigenvalue weighted by Gasteiger charge is 2.28. The van der Waals surface area contributed by atoms with Crippen LogP contribution < -0.4 is 10.2 Å². The van der Waals surface area contributed by atoms with Gasteiger partial charge in [-0.15, -0.1) is 0 Å². The predicted molar refractivity (Wildman–Crippen MR) is 118 cm³/mol. The SMILES string of the molecule is CC(C)Cn1c(N2CCCC(C(=O)NCc3ccc(F)cc3)C2)nc2ccccc21. The van der Waals surface area contributed by atoms with E-state index in [2.05, 4.69) is 34.7 Å². The van der Waals surface area contributed by atoms with E-state index in [4.69, 9.17) is 4.98 Å². The average molecular weight is 409 g/mol. The topological polar surface area (TPSA) is 50.2 Å². The van der Waals surface area contributed by atoms with E-state index in [1.165, 1.54) is 12.1 Å². The lowest BCUT2D eigenvalue weighted by Crippen LogP contribution is -2.44. The molecule has 0 aliphatic carbocycles. The number of carbonyl (C=O) groups excluding carboxylic acids is 1. The summed E-state index contributed by atoms with van der Waals surface area (Å²) < 4.78 is 15.4. The van der Waals surface area contributed by atoms with Crippen molar-refractivity contribution in [1.82, 2.24) is 14.9 Å². The van der Waals surface area contributed by atoms with Gasteiger partial charge in [0.1, 0.15) is 5.82 Å². The maximum absolute atomic E-state index is 13.1. The Morgan fingerprint density at radius 3 is 2.73 bits per heavy atom. The van der Waals surface area contributed by atoms with Crippen molar-refractivity contribution < 1.29 is 9.18 Å². The fourth-order valence-electron chi connectivity index (χ4n) is 4.16. The molecule has 158 valence electrons. The van der Waals surface area contributed by atoms with Gasteiger partial charge in [0, 0.05) is 26.2 Å². The Morgan fingerprint density at radius 1 is 1.20 bits per heavy atom. The molecule has 3 aromatic rings. The highest BCUT2D eigenvalue weighted by Crippen LogP contribution is 2.28. The molecule has 1 amide bonds. The van der Waals surface area contributed by atoms with Crippen LogP contribution in [0.15, 0.2) is 48.5 Å². The lowest BCUT2D eigenvalue weighted by Gasteiger charge is -2.33. The molecule has 1 aliphatic rings. The first-order valence-corrected chi connectivity index (χ1v) is 10.7. The molecule has 1 unspecified atom stereocenters. The van der Waals surface area contributed by atoms with Gasteiger partial charge in [-0.3, -0.25) is 4.79 Å². The first-order chi connectivity index (χ1) is 14.5. The van der Waals surface area contributed by atoms with Gasteiger partial charge in [0.25, 0.3) is 0 Å². The lowest BCUT2D eigenvalue weighted by molar-refractivity contribution is -0.125. The number of benzene rings is 2. The summed E-state index contributed by atoms with van der Waals surface area (Å²) >= 11 is 0. The van der Waals surface area contributed by atoms with Crippen LogP contribution in [0.2, 0.25) is 0 Å². The molecule has 1 aromatic heterocycles. The molecule has 30 heavy (non-hydrogen) atoms. The van der Waals surface area contributed by atoms with E-state index in [0.717, 1.165) is 48.5 Å². The monoisotopic (exact) mass is 408 g/mol. The van der Waals surface area contributed by atoms with Crippen LogP contribution in [0.1, 0.15) is 32.3 Å². The van der Waals surface area contributed by atoms with Crippen LogP contribution in [-0.4, -0.2) is 28.5 Å². The van der Waals surface area contributed by atoms with Gasteiger partial charge in [0.15, 0.2) is 0 Å². The number of aromatic nitrogens is 2. The van der Waals surface area contributed by atoms with Crippen LogP contribution in [0.25, 0.3) is 11.0 Å². The number of nitrogens with one attached hydrogen (secondary N) is 1. The van der Waals surface area contributed by atoms with Crippen molar-refractivity contribution >= 4 is 22.9 Å². The van der Waals surface area contributed by atoms with Crippen LogP contribution in [0.4, 0.5) is 10.3 Å². The standard InChI is InChI=1S/C24H29FN4O/c1-17(2)15-29-22-8-4-3-7-21(22)27-24(29)28-13-5-6-19(16-28)23(30)26-14-18-9-11-20(25)12-10-18/h3-4,7-12,17,19H,5-6,13-16H2,1-2H3,(H,26,30). The summed E-state index contributed by atoms with van der Waals surface area (Å²) in [5, 5.41) is 3.02. The summed E-state index contributed by atoms with van der Waals surface area (Å²) in [7, 11) is 0. The van der Waals surface area contributed by atoms with Gasteiger partial charge in [-0.1, -0.05) is 38.1 Å². The largest absolute Gasteiger partial charge is 0.352 e. The Kier molecular flexibility index (Phi) is 6.02. The molecule has 0 radical (unpaired) electrons. The molecule has 5 nitrogen and oxygen atoms in total. The normalized spacial score (nSPS) is 16.9. The van der Waals surface area contributed by atoms with Gasteiger partial charge in [0.2, 0.25) is 11.9 Å². The summed E-state index contributed by atoms with van der Waals surface area (Å²) in [6.07, 6.45) is 1.83. The zero-order chi connectivity index (χ0) is 21.1. The molecule has 1 saturated heterocycles. The van der Waals surface area contributed by atoms with E-state index in [-0.39, 0.29) is 17.6 Å². The number of para-hydroxylation sites is 2. The molecular formula is C24H29FN4O. The first-order valence-electron chi connectivity index (χ1n) is 10.7. The van der Waals surface area contributed by atoms with Crippen molar-refractivity contribution in [3.05, 3.63) is 59.9 Å². The van der Waals surface area contributed by atoms with Crippen molar-refractivity contribution in [2.45, 2.75) is 39.8 Å². The molecule has 0 bridgehead atoms. The van der Waals surface area contributed by atoms with Gasteiger partial charge < -0.3 is 14.8 Å². The van der Waals surface area contributed by atoms with Gasteiger partial charge in [0.05, 0.1) is 17.0 Å². The van der Waals surface area contributed by atoms with E-state index in [9.17, 15) is 9.18 Å². The Morgan fingerprint density at radius 2 is 1.97 bits per heavy atom. The number of halogens is 1. The number of fused-ring (bicyclic) bond motifs is 1. The third-order valence-corrected chi connectivity index (χ3v) is 5.64. The van der Waals surface area contributed by atoms with Crippen molar-refractivity contribution in [2.24, 2.45) is 11.8 Å². The van der Waals surface area contributed by atoms with Crippen LogP contribution in [0.3, 0.4) is 0 Å². The van der Waals surface area contributed by atoms with Gasteiger partial charge in [-0.2, -0.15) is 0 Å². The van der Waals surface area contributed by atoms with Crippen molar-refractivity contribution in [2.75, 3.05) is 18.0 Å². The zero-order valence-corrected chi connectivity index (χ0v) is 17.6. The Hall–Kier alpha value is -2.89. The molecule has 2 aromatic carbocycles. The molecule has 0 spiro atoms. The fourth-order valence-corrected chi connectivity index (χ4v) is 4.16. The third kappa shape index (κ3) is 4.48. The number of imidazole rings is 1. The van der Waals surface area contributed by atoms with E-state index < -0.39 is 0 Å². The smallest absolute Gasteiger partial charge is 0.225 e. The zero-order valence-electron chi connectivity index (χ0n) is 17.6. The molecule has 1 fully saturated rings. The molecular weight excluding hydrogens is 379 g/mol. The predicted octanol–water partition coefficient (Wildman–Crippen LogP) is 4.36. The Labute approximate surface area is 176 Å². The average Bonchev–Trinajstić information content (AvgIpc) is 3.11. The van der Waals surface area contributed by atoms with E-state index in [1.54, 1.807) is 12.1 Å². The van der Waals surface area contributed by atoms with E-state index in [0.29, 0.717) is 19.0 Å². The number of nitrogens with zero attached hydrogens (tertiary/aromatic N) is 3. The summed E-state index contributed by atoms with van der Waals surface area (Å²) in [5.41, 5.74) is 3.04. The Bertz CT molecular complexity index is 1010. The minimum atomic E-state index is -0.266. The molecule has 2 heterocycles. The summed E-state index contributed by atoms with van der Waals surface area (Å²) in [5.74, 6) is 1.17. The summed E-state index contributed by atoms with van der Waals surface area (Å²) in [6, 6.07) is 14.5. The molecule has 6 heteroatoms. The molecule has 1 aliphatic heterocycles. The number of carbonyl (C=O) groups is 1. The maximum atomic E-state index is 13.1. The van der Waals surface area contributed by atoms with Gasteiger partial charge in [-0.05, 0) is 48.6 Å². The fraction of sp³-hybridized carbons (Fsp3) is 0.417. The van der Waals surface area contributed by atoms with Crippen molar-refractivity contribution in [3.63, 3.8) is 0 Å². The van der Waals surface area contributed by atoms with Crippen molar-refractivity contribution in [3.8, 4) is 0 Å². The molecule has 0 saturated carbocycles. The first kappa shape index (κ1) is 20.4. The maximum Gasteiger partial charge on any atom is 0.225 e. The second-order valence-corrected chi connectivity index (χ2v) is 8.53. The quantitative estimate of drug-likeness (QED) is 0.659. The summed E-state index contributed by atoms with van der Waals surface area (Å²) in [6.45, 7) is 7.30. The van der Waals surface area contributed by atoms with Crippen LogP contribution in [0, 0.1) is 17.7 Å². The summed E-state index contributed by atoms with van der Waals surface area (Å²) in [4.78, 5) is 20.0. The highest BCUT2D eigenvalue weighted by atomic mass is 19.1. The number of anilines is 1. The van der Waals surface area contributed by atoms with E-state index in [1.807, 2.05) is 18.2 Å². The van der Waals surface area contributed by atoms with Crippen LogP contribution >= 0.6 is 0 Å². The number of amides is 1. The van der Waals surface area contributed by atoms with Gasteiger partial charge >= 0.3 is 0 Å². The number of hydrogen-bond acceptors (Lipinski definition) is 3. The minimum absolute atomic E-state index is 0.0514. The second-order valence-electron chi connectivity index (χ2n) is 8.53. The molecule has 1 N–H and O–H groups in total. The molecule has 1 atom stereocenters. The number of hydrogen-bond donors (Lipinski definition) is 1. The number of rotatable bonds is 6. The molecule has 4 rings (SSSR count). The highest BCUT2D eigenvalue weighted by molar-refractivity contribution is 5.81. The lowest BCUT2D eigenvalue weighted by atomic mass is 9.97. The van der Waals surface area contributed by atoms with Crippen LogP contribution in [0.5, 0.6) is 0 Å².